The van der Waals surface area contributed by atoms with Crippen LogP contribution < -0.4 is 5.32 Å². The summed E-state index contributed by atoms with van der Waals surface area (Å²) in [6.45, 7) is 6.69. The van der Waals surface area contributed by atoms with Crippen molar-refractivity contribution in [2.24, 2.45) is 5.92 Å². The number of nitrogens with zero attached hydrogens (tertiary/aromatic N) is 1. The van der Waals surface area contributed by atoms with Crippen molar-refractivity contribution in [2.45, 2.75) is 33.2 Å². The van der Waals surface area contributed by atoms with Gasteiger partial charge in [-0.25, -0.2) is 4.79 Å². The first kappa shape index (κ1) is 13.4. The lowest BCUT2D eigenvalue weighted by Gasteiger charge is -2.13. The zero-order chi connectivity index (χ0) is 12.1. The molecule has 1 atom stereocenters. The van der Waals surface area contributed by atoms with E-state index in [9.17, 15) is 9.59 Å². The van der Waals surface area contributed by atoms with Crippen LogP contribution in [-0.4, -0.2) is 40.9 Å². The molecule has 0 unspecified atom stereocenters. The maximum Gasteiger partial charge on any atom is 0.324 e. The SMILES string of the molecule is CCSCCN1C(=O)N[C@@H](CC(C)C)C1=O. The fourth-order valence-corrected chi connectivity index (χ4v) is 2.32. The summed E-state index contributed by atoms with van der Waals surface area (Å²) in [5, 5.41) is 2.74. The largest absolute Gasteiger partial charge is 0.326 e. The van der Waals surface area contributed by atoms with Gasteiger partial charge in [-0.15, -0.1) is 0 Å². The number of hydrogen-bond acceptors (Lipinski definition) is 3. The summed E-state index contributed by atoms with van der Waals surface area (Å²) in [6, 6.07) is -0.536. The molecule has 0 bridgehead atoms. The van der Waals surface area contributed by atoms with Crippen LogP contribution in [0.25, 0.3) is 0 Å². The summed E-state index contributed by atoms with van der Waals surface area (Å²) >= 11 is 1.74. The van der Waals surface area contributed by atoms with E-state index in [2.05, 4.69) is 26.1 Å². The van der Waals surface area contributed by atoms with Gasteiger partial charge >= 0.3 is 6.03 Å². The van der Waals surface area contributed by atoms with Gasteiger partial charge < -0.3 is 5.32 Å². The van der Waals surface area contributed by atoms with Gasteiger partial charge in [0.25, 0.3) is 5.91 Å². The molecule has 0 aromatic heterocycles. The molecule has 1 aliphatic rings. The van der Waals surface area contributed by atoms with Gasteiger partial charge in [0.2, 0.25) is 0 Å². The van der Waals surface area contributed by atoms with Crippen molar-refractivity contribution in [1.82, 2.24) is 10.2 Å². The Bertz CT molecular complexity index is 269. The monoisotopic (exact) mass is 244 g/mol. The lowest BCUT2D eigenvalue weighted by Crippen LogP contribution is -2.33. The fraction of sp³-hybridized carbons (Fsp3) is 0.818. The molecular formula is C11H20N2O2S. The minimum absolute atomic E-state index is 0.0598. The number of hydrogen-bond donors (Lipinski definition) is 1. The van der Waals surface area contributed by atoms with E-state index in [1.807, 2.05) is 0 Å². The van der Waals surface area contributed by atoms with Crippen LogP contribution in [0.5, 0.6) is 0 Å². The van der Waals surface area contributed by atoms with Gasteiger partial charge in [-0.2, -0.15) is 11.8 Å². The van der Waals surface area contributed by atoms with Gasteiger partial charge in [-0.1, -0.05) is 20.8 Å². The minimum atomic E-state index is -0.306. The van der Waals surface area contributed by atoms with E-state index in [0.29, 0.717) is 12.5 Å². The molecular weight excluding hydrogens is 224 g/mol. The van der Waals surface area contributed by atoms with Gasteiger partial charge in [0.15, 0.2) is 0 Å². The standard InChI is InChI=1S/C11H20N2O2S/c1-4-16-6-5-13-10(14)9(7-8(2)3)12-11(13)15/h8-9H,4-7H2,1-3H3,(H,12,15)/t9-/m0/s1. The Kier molecular flexibility index (Phi) is 5.12. The second-order valence-electron chi connectivity index (χ2n) is 4.32. The van der Waals surface area contributed by atoms with Crippen molar-refractivity contribution >= 4 is 23.7 Å². The molecule has 16 heavy (non-hydrogen) atoms. The molecule has 0 aliphatic carbocycles. The molecule has 0 spiro atoms. The minimum Gasteiger partial charge on any atom is -0.326 e. The summed E-state index contributed by atoms with van der Waals surface area (Å²) in [6.07, 6.45) is 0.724. The molecule has 0 aromatic carbocycles. The predicted octanol–water partition coefficient (Wildman–Crippen LogP) is 1.71. The quantitative estimate of drug-likeness (QED) is 0.571. The van der Waals surface area contributed by atoms with Crippen molar-refractivity contribution < 1.29 is 9.59 Å². The van der Waals surface area contributed by atoms with Gasteiger partial charge in [0.05, 0.1) is 0 Å². The molecule has 1 aliphatic heterocycles. The van der Waals surface area contributed by atoms with Crippen molar-refractivity contribution in [1.29, 1.82) is 0 Å². The van der Waals surface area contributed by atoms with Gasteiger partial charge in [0.1, 0.15) is 6.04 Å². The average Bonchev–Trinajstić information content (AvgIpc) is 2.45. The highest BCUT2D eigenvalue weighted by Crippen LogP contribution is 2.14. The molecule has 1 N–H and O–H groups in total. The Morgan fingerprint density at radius 1 is 1.44 bits per heavy atom. The number of nitrogens with one attached hydrogen (secondary N) is 1. The Balaban J connectivity index is 2.47. The molecule has 0 radical (unpaired) electrons. The van der Waals surface area contributed by atoms with E-state index >= 15 is 0 Å². The van der Waals surface area contributed by atoms with E-state index < -0.39 is 0 Å². The van der Waals surface area contributed by atoms with Gasteiger partial charge in [-0.05, 0) is 18.1 Å². The number of rotatable bonds is 6. The highest BCUT2D eigenvalue weighted by molar-refractivity contribution is 7.99. The molecule has 1 fully saturated rings. The van der Waals surface area contributed by atoms with Crippen LogP contribution in [-0.2, 0) is 4.79 Å². The fourth-order valence-electron chi connectivity index (χ4n) is 1.72. The Hall–Kier alpha value is -0.710. The van der Waals surface area contributed by atoms with Crippen molar-refractivity contribution in [3.8, 4) is 0 Å². The smallest absolute Gasteiger partial charge is 0.324 e. The van der Waals surface area contributed by atoms with Crippen molar-refractivity contribution in [2.75, 3.05) is 18.1 Å². The third-order valence-electron chi connectivity index (χ3n) is 2.48. The molecule has 4 nitrogen and oxygen atoms in total. The Labute approximate surface area is 101 Å². The molecule has 0 saturated carbocycles. The zero-order valence-corrected chi connectivity index (χ0v) is 11.0. The van der Waals surface area contributed by atoms with E-state index in [0.717, 1.165) is 17.9 Å². The second-order valence-corrected chi connectivity index (χ2v) is 5.71. The van der Waals surface area contributed by atoms with E-state index in [1.54, 1.807) is 11.8 Å². The first-order valence-corrected chi connectivity index (χ1v) is 6.91. The number of carbonyl (C=O) groups is 2. The summed E-state index contributed by atoms with van der Waals surface area (Å²) in [7, 11) is 0. The molecule has 5 heteroatoms. The lowest BCUT2D eigenvalue weighted by atomic mass is 10.0. The number of carbonyl (C=O) groups excluding carboxylic acids is 2. The third kappa shape index (κ3) is 3.40. The molecule has 92 valence electrons. The highest BCUT2D eigenvalue weighted by atomic mass is 32.2. The maximum absolute atomic E-state index is 11.9. The Morgan fingerprint density at radius 3 is 2.69 bits per heavy atom. The molecule has 1 heterocycles. The van der Waals surface area contributed by atoms with E-state index in [4.69, 9.17) is 0 Å². The van der Waals surface area contributed by atoms with Crippen LogP contribution in [0.15, 0.2) is 0 Å². The summed E-state index contributed by atoms with van der Waals surface area (Å²) < 4.78 is 0. The van der Waals surface area contributed by atoms with Gasteiger partial charge in [-0.3, -0.25) is 9.69 Å². The van der Waals surface area contributed by atoms with E-state index in [-0.39, 0.29) is 18.0 Å². The van der Waals surface area contributed by atoms with Crippen LogP contribution >= 0.6 is 11.8 Å². The van der Waals surface area contributed by atoms with Crippen molar-refractivity contribution in [3.63, 3.8) is 0 Å². The first-order chi connectivity index (χ1) is 7.56. The van der Waals surface area contributed by atoms with Crippen LogP contribution in [0, 0.1) is 5.92 Å². The van der Waals surface area contributed by atoms with Crippen LogP contribution in [0.1, 0.15) is 27.2 Å². The topological polar surface area (TPSA) is 49.4 Å². The molecule has 3 amide bonds. The van der Waals surface area contributed by atoms with Crippen LogP contribution in [0.2, 0.25) is 0 Å². The lowest BCUT2D eigenvalue weighted by molar-refractivity contribution is -0.127. The molecule has 1 rings (SSSR count). The van der Waals surface area contributed by atoms with E-state index in [1.165, 1.54) is 4.90 Å². The first-order valence-electron chi connectivity index (χ1n) is 5.75. The average molecular weight is 244 g/mol. The van der Waals surface area contributed by atoms with Crippen LogP contribution in [0.3, 0.4) is 0 Å². The Morgan fingerprint density at radius 2 is 2.12 bits per heavy atom. The molecule has 0 aromatic rings. The van der Waals surface area contributed by atoms with Crippen LogP contribution in [0.4, 0.5) is 4.79 Å². The van der Waals surface area contributed by atoms with Gasteiger partial charge in [0, 0.05) is 12.3 Å². The summed E-state index contributed by atoms with van der Waals surface area (Å²) in [5.41, 5.74) is 0. The maximum atomic E-state index is 11.9. The number of urea groups is 1. The predicted molar refractivity (Wildman–Crippen MR) is 66.5 cm³/mol. The normalized spacial score (nSPS) is 20.8. The zero-order valence-electron chi connectivity index (χ0n) is 10.2. The van der Waals surface area contributed by atoms with Crippen molar-refractivity contribution in [3.05, 3.63) is 0 Å². The third-order valence-corrected chi connectivity index (χ3v) is 3.36. The number of thioether (sulfide) groups is 1. The molecule has 1 saturated heterocycles. The summed E-state index contributed by atoms with van der Waals surface area (Å²) in [4.78, 5) is 24.8. The highest BCUT2D eigenvalue weighted by Gasteiger charge is 2.37. The number of imide groups is 1. The summed E-state index contributed by atoms with van der Waals surface area (Å²) in [5.74, 6) is 2.19. The second kappa shape index (κ2) is 6.13. The number of amides is 3.